The number of fused-ring (bicyclic) bond motifs is 1. The van der Waals surface area contributed by atoms with Crippen LogP contribution in [0, 0.1) is 0 Å². The summed E-state index contributed by atoms with van der Waals surface area (Å²) in [5.41, 5.74) is 1.15. The van der Waals surface area contributed by atoms with Crippen molar-refractivity contribution < 1.29 is 19.1 Å². The molecule has 0 radical (unpaired) electrons. The maximum absolute atomic E-state index is 12.5. The molecule has 3 rings (SSSR count). The first-order chi connectivity index (χ1) is 11.1. The van der Waals surface area contributed by atoms with Crippen molar-refractivity contribution in [2.24, 2.45) is 0 Å². The van der Waals surface area contributed by atoms with Gasteiger partial charge in [0.05, 0.1) is 37.1 Å². The zero-order valence-electron chi connectivity index (χ0n) is 13.1. The molecule has 1 N–H and O–H groups in total. The molecule has 0 saturated carbocycles. The van der Waals surface area contributed by atoms with E-state index in [1.807, 2.05) is 6.92 Å². The fraction of sp³-hybridized carbons (Fsp3) is 0.438. The Morgan fingerprint density at radius 1 is 1.52 bits per heavy atom. The summed E-state index contributed by atoms with van der Waals surface area (Å²) in [6, 6.07) is 3.39. The summed E-state index contributed by atoms with van der Waals surface area (Å²) in [5, 5.41) is 2.95. The van der Waals surface area contributed by atoms with E-state index in [9.17, 15) is 9.59 Å². The van der Waals surface area contributed by atoms with E-state index in [0.717, 1.165) is 6.42 Å². The van der Waals surface area contributed by atoms with Gasteiger partial charge in [-0.25, -0.2) is 9.78 Å². The van der Waals surface area contributed by atoms with Gasteiger partial charge in [0.15, 0.2) is 5.69 Å². The number of pyridine rings is 1. The van der Waals surface area contributed by atoms with Gasteiger partial charge in [-0.05, 0) is 32.4 Å². The number of imidazole rings is 1. The maximum Gasteiger partial charge on any atom is 0.356 e. The summed E-state index contributed by atoms with van der Waals surface area (Å²) < 4.78 is 12.0. The monoisotopic (exact) mass is 317 g/mol. The Balaban J connectivity index is 1.86. The van der Waals surface area contributed by atoms with Crippen molar-refractivity contribution in [2.45, 2.75) is 32.4 Å². The highest BCUT2D eigenvalue weighted by atomic mass is 16.5. The van der Waals surface area contributed by atoms with Crippen LogP contribution in [0.25, 0.3) is 5.65 Å². The Kier molecular flexibility index (Phi) is 4.29. The second kappa shape index (κ2) is 6.37. The van der Waals surface area contributed by atoms with Gasteiger partial charge in [0, 0.05) is 6.20 Å². The van der Waals surface area contributed by atoms with Crippen molar-refractivity contribution in [1.82, 2.24) is 14.7 Å². The van der Waals surface area contributed by atoms with Gasteiger partial charge in [0.1, 0.15) is 5.65 Å². The molecule has 1 unspecified atom stereocenters. The van der Waals surface area contributed by atoms with Crippen molar-refractivity contribution >= 4 is 17.5 Å². The number of ether oxygens (including phenoxy) is 2. The molecule has 2 aromatic rings. The van der Waals surface area contributed by atoms with Gasteiger partial charge in [-0.15, -0.1) is 0 Å². The molecule has 7 nitrogen and oxygen atoms in total. The zero-order valence-corrected chi connectivity index (χ0v) is 13.1. The predicted octanol–water partition coefficient (Wildman–Crippen LogP) is 1.42. The molecule has 0 aliphatic carbocycles. The second-order valence-electron chi connectivity index (χ2n) is 5.53. The van der Waals surface area contributed by atoms with Crippen molar-refractivity contribution in [3.63, 3.8) is 0 Å². The molecular weight excluding hydrogens is 298 g/mol. The van der Waals surface area contributed by atoms with Crippen LogP contribution in [0.3, 0.4) is 0 Å². The van der Waals surface area contributed by atoms with E-state index in [4.69, 9.17) is 9.47 Å². The first-order valence-electron chi connectivity index (χ1n) is 7.65. The molecule has 3 heterocycles. The second-order valence-corrected chi connectivity index (χ2v) is 5.53. The lowest BCUT2D eigenvalue weighted by Crippen LogP contribution is -2.35. The maximum atomic E-state index is 12.5. The third-order valence-corrected chi connectivity index (χ3v) is 3.80. The van der Waals surface area contributed by atoms with Crippen LogP contribution in [0.1, 0.15) is 41.1 Å². The highest BCUT2D eigenvalue weighted by Gasteiger charge is 2.25. The van der Waals surface area contributed by atoms with E-state index < -0.39 is 5.97 Å². The molecule has 122 valence electrons. The first kappa shape index (κ1) is 15.5. The van der Waals surface area contributed by atoms with Gasteiger partial charge >= 0.3 is 5.97 Å². The van der Waals surface area contributed by atoms with Crippen molar-refractivity contribution in [1.29, 1.82) is 0 Å². The third kappa shape index (κ3) is 3.05. The van der Waals surface area contributed by atoms with Crippen LogP contribution < -0.4 is 5.32 Å². The molecule has 2 atom stereocenters. The van der Waals surface area contributed by atoms with Crippen LogP contribution in [0.4, 0.5) is 0 Å². The Labute approximate surface area is 133 Å². The van der Waals surface area contributed by atoms with Crippen molar-refractivity contribution in [2.75, 3.05) is 13.2 Å². The van der Waals surface area contributed by atoms with E-state index in [1.165, 1.54) is 6.20 Å². The van der Waals surface area contributed by atoms with Crippen LogP contribution in [0.15, 0.2) is 24.5 Å². The number of hydrogen-bond acceptors (Lipinski definition) is 5. The molecule has 1 saturated heterocycles. The highest BCUT2D eigenvalue weighted by Crippen LogP contribution is 2.16. The summed E-state index contributed by atoms with van der Waals surface area (Å²) in [6.07, 6.45) is 4.05. The average molecular weight is 317 g/mol. The molecule has 1 amide bonds. The van der Waals surface area contributed by atoms with E-state index >= 15 is 0 Å². The SMILES string of the molecule is CCOC(=O)c1cnc2c(C(=O)N[C@@H]3COC(C)C3)cccn12. The van der Waals surface area contributed by atoms with E-state index in [2.05, 4.69) is 10.3 Å². The lowest BCUT2D eigenvalue weighted by molar-refractivity contribution is 0.0518. The molecule has 0 aromatic carbocycles. The van der Waals surface area contributed by atoms with Crippen molar-refractivity contribution in [3.8, 4) is 0 Å². The number of aromatic nitrogens is 2. The summed E-state index contributed by atoms with van der Waals surface area (Å²) in [6.45, 7) is 4.52. The number of nitrogens with zero attached hydrogens (tertiary/aromatic N) is 2. The lowest BCUT2D eigenvalue weighted by Gasteiger charge is -2.11. The number of rotatable bonds is 4. The van der Waals surface area contributed by atoms with E-state index in [1.54, 1.807) is 29.7 Å². The first-order valence-corrected chi connectivity index (χ1v) is 7.65. The molecule has 1 aliphatic rings. The lowest BCUT2D eigenvalue weighted by atomic mass is 10.1. The summed E-state index contributed by atoms with van der Waals surface area (Å²) >= 11 is 0. The minimum absolute atomic E-state index is 0.00255. The smallest absolute Gasteiger partial charge is 0.356 e. The number of hydrogen-bond donors (Lipinski definition) is 1. The average Bonchev–Trinajstić information content (AvgIpc) is 3.13. The molecule has 23 heavy (non-hydrogen) atoms. The fourth-order valence-electron chi connectivity index (χ4n) is 2.73. The van der Waals surface area contributed by atoms with Gasteiger partial charge in [-0.3, -0.25) is 9.20 Å². The molecule has 0 bridgehead atoms. The number of carbonyl (C=O) groups is 2. The Hall–Kier alpha value is -2.41. The fourth-order valence-corrected chi connectivity index (χ4v) is 2.73. The van der Waals surface area contributed by atoms with Crippen LogP contribution in [-0.2, 0) is 9.47 Å². The van der Waals surface area contributed by atoms with Crippen LogP contribution in [0.2, 0.25) is 0 Å². The molecule has 1 fully saturated rings. The number of nitrogens with one attached hydrogen (secondary N) is 1. The van der Waals surface area contributed by atoms with E-state index in [-0.39, 0.29) is 24.7 Å². The standard InChI is InChI=1S/C16H19N3O4/c1-3-22-16(21)13-8-17-14-12(5-4-6-19(13)14)15(20)18-11-7-10(2)23-9-11/h4-6,8,10-11H,3,7,9H2,1-2H3,(H,18,20)/t10?,11-/m0/s1. The van der Waals surface area contributed by atoms with Crippen molar-refractivity contribution in [3.05, 3.63) is 35.8 Å². The quantitative estimate of drug-likeness (QED) is 0.862. The van der Waals surface area contributed by atoms with Gasteiger partial charge in [-0.1, -0.05) is 0 Å². The largest absolute Gasteiger partial charge is 0.461 e. The Morgan fingerprint density at radius 3 is 3.04 bits per heavy atom. The van der Waals surface area contributed by atoms with E-state index in [0.29, 0.717) is 23.5 Å². The molecule has 1 aliphatic heterocycles. The predicted molar refractivity (Wildman–Crippen MR) is 82.4 cm³/mol. The number of carbonyl (C=O) groups excluding carboxylic acids is 2. The molecular formula is C16H19N3O4. The summed E-state index contributed by atoms with van der Waals surface area (Å²) in [5.74, 6) is -0.685. The van der Waals surface area contributed by atoms with Gasteiger partial charge < -0.3 is 14.8 Å². The Bertz CT molecular complexity index is 740. The molecule has 0 spiro atoms. The normalized spacial score (nSPS) is 20.6. The number of amides is 1. The van der Waals surface area contributed by atoms with Crippen LogP contribution >= 0.6 is 0 Å². The minimum Gasteiger partial charge on any atom is -0.461 e. The molecule has 7 heteroatoms. The highest BCUT2D eigenvalue weighted by molar-refractivity contribution is 6.01. The van der Waals surface area contributed by atoms with Crippen LogP contribution in [-0.4, -0.2) is 46.6 Å². The summed E-state index contributed by atoms with van der Waals surface area (Å²) in [4.78, 5) is 28.6. The van der Waals surface area contributed by atoms with Gasteiger partial charge in [-0.2, -0.15) is 0 Å². The number of esters is 1. The van der Waals surface area contributed by atoms with Crippen LogP contribution in [0.5, 0.6) is 0 Å². The minimum atomic E-state index is -0.462. The Morgan fingerprint density at radius 2 is 2.35 bits per heavy atom. The van der Waals surface area contributed by atoms with Gasteiger partial charge in [0.25, 0.3) is 5.91 Å². The molecule has 2 aromatic heterocycles. The topological polar surface area (TPSA) is 81.9 Å². The third-order valence-electron chi connectivity index (χ3n) is 3.80. The zero-order chi connectivity index (χ0) is 16.4. The summed E-state index contributed by atoms with van der Waals surface area (Å²) in [7, 11) is 0. The van der Waals surface area contributed by atoms with Gasteiger partial charge in [0.2, 0.25) is 0 Å².